The van der Waals surface area contributed by atoms with Gasteiger partial charge in [0.1, 0.15) is 0 Å². The number of nitrogens with zero attached hydrogens (tertiary/aromatic N) is 4. The smallest absolute Gasteiger partial charge is 0.407 e. The molecule has 2 heterocycles. The molecule has 0 atom stereocenters. The largest absolute Gasteiger partial charge is 0.465 e. The predicted molar refractivity (Wildman–Crippen MR) is 116 cm³/mol. The Morgan fingerprint density at radius 2 is 1.38 bits per heavy atom. The molecule has 0 unspecified atom stereocenters. The summed E-state index contributed by atoms with van der Waals surface area (Å²) < 4.78 is 0. The first-order chi connectivity index (χ1) is 13.9. The van der Waals surface area contributed by atoms with Crippen molar-refractivity contribution in [2.45, 2.75) is 65.1 Å². The summed E-state index contributed by atoms with van der Waals surface area (Å²) in [4.78, 5) is 24.2. The van der Waals surface area contributed by atoms with Crippen molar-refractivity contribution in [2.75, 3.05) is 13.1 Å². The molecule has 6 heteroatoms. The van der Waals surface area contributed by atoms with Gasteiger partial charge in [-0.05, 0) is 64.4 Å². The van der Waals surface area contributed by atoms with Gasteiger partial charge >= 0.3 is 6.09 Å². The number of hydrogen-bond donors (Lipinski definition) is 1. The fourth-order valence-electron chi connectivity index (χ4n) is 3.33. The lowest BCUT2D eigenvalue weighted by molar-refractivity contribution is 0.0989. The van der Waals surface area contributed by atoms with Crippen LogP contribution in [0.15, 0.2) is 48.8 Å². The first kappa shape index (κ1) is 22.8. The van der Waals surface area contributed by atoms with Crippen molar-refractivity contribution in [1.82, 2.24) is 19.8 Å². The maximum absolute atomic E-state index is 11.4. The second kappa shape index (κ2) is 11.5. The van der Waals surface area contributed by atoms with E-state index in [1.54, 1.807) is 0 Å². The summed E-state index contributed by atoms with van der Waals surface area (Å²) in [5.74, 6) is 0. The Morgan fingerprint density at radius 1 is 0.862 bits per heavy atom. The maximum atomic E-state index is 11.4. The van der Waals surface area contributed by atoms with Crippen LogP contribution < -0.4 is 0 Å². The lowest BCUT2D eigenvalue weighted by Gasteiger charge is -2.33. The molecule has 1 amide bonds. The van der Waals surface area contributed by atoms with E-state index in [2.05, 4.69) is 27.0 Å². The molecule has 0 aliphatic rings. The van der Waals surface area contributed by atoms with Crippen LogP contribution in [0.1, 0.15) is 57.8 Å². The summed E-state index contributed by atoms with van der Waals surface area (Å²) in [6.45, 7) is 8.97. The number of hydrogen-bond acceptors (Lipinski definition) is 4. The molecule has 0 saturated carbocycles. The summed E-state index contributed by atoms with van der Waals surface area (Å²) in [6.07, 6.45) is 6.90. The van der Waals surface area contributed by atoms with Crippen LogP contribution in [0.5, 0.6) is 0 Å². The highest BCUT2D eigenvalue weighted by molar-refractivity contribution is 5.65. The van der Waals surface area contributed by atoms with Crippen LogP contribution >= 0.6 is 0 Å². The number of rotatable bonds is 11. The molecular formula is C23H34N4O2. The topological polar surface area (TPSA) is 69.6 Å². The van der Waals surface area contributed by atoms with Crippen molar-refractivity contribution in [3.8, 4) is 0 Å². The van der Waals surface area contributed by atoms with Gasteiger partial charge in [-0.2, -0.15) is 0 Å². The van der Waals surface area contributed by atoms with Crippen molar-refractivity contribution in [2.24, 2.45) is 0 Å². The van der Waals surface area contributed by atoms with Gasteiger partial charge in [-0.25, -0.2) is 4.79 Å². The molecule has 1 N–H and O–H groups in total. The fourth-order valence-corrected chi connectivity index (χ4v) is 3.33. The molecule has 0 radical (unpaired) electrons. The molecule has 0 spiro atoms. The second-order valence-electron chi connectivity index (χ2n) is 8.37. The molecule has 29 heavy (non-hydrogen) atoms. The zero-order valence-electron chi connectivity index (χ0n) is 17.9. The van der Waals surface area contributed by atoms with E-state index >= 15 is 0 Å². The van der Waals surface area contributed by atoms with Gasteiger partial charge in [-0.1, -0.05) is 25.0 Å². The lowest BCUT2D eigenvalue weighted by Crippen LogP contribution is -2.45. The van der Waals surface area contributed by atoms with Crippen LogP contribution in [0.4, 0.5) is 4.79 Å². The zero-order chi connectivity index (χ0) is 21.1. The van der Waals surface area contributed by atoms with E-state index in [-0.39, 0.29) is 5.54 Å². The van der Waals surface area contributed by atoms with Crippen LogP contribution in [0, 0.1) is 0 Å². The molecule has 2 rings (SSSR count). The highest BCUT2D eigenvalue weighted by Crippen LogP contribution is 2.15. The van der Waals surface area contributed by atoms with Gasteiger partial charge in [0.2, 0.25) is 0 Å². The molecule has 2 aromatic heterocycles. The summed E-state index contributed by atoms with van der Waals surface area (Å²) in [5.41, 5.74) is 1.77. The van der Waals surface area contributed by atoms with Crippen molar-refractivity contribution in [1.29, 1.82) is 0 Å². The van der Waals surface area contributed by atoms with Crippen LogP contribution in [-0.4, -0.2) is 49.6 Å². The molecule has 0 fully saturated rings. The monoisotopic (exact) mass is 398 g/mol. The number of carbonyl (C=O) groups is 1. The van der Waals surface area contributed by atoms with E-state index < -0.39 is 6.09 Å². The van der Waals surface area contributed by atoms with Crippen molar-refractivity contribution >= 4 is 6.09 Å². The van der Waals surface area contributed by atoms with Crippen LogP contribution in [0.3, 0.4) is 0 Å². The fraction of sp³-hybridized carbons (Fsp3) is 0.522. The van der Waals surface area contributed by atoms with Gasteiger partial charge in [0.25, 0.3) is 0 Å². The molecule has 158 valence electrons. The van der Waals surface area contributed by atoms with Gasteiger partial charge in [-0.15, -0.1) is 0 Å². The number of amides is 1. The van der Waals surface area contributed by atoms with Gasteiger partial charge in [-0.3, -0.25) is 14.9 Å². The summed E-state index contributed by atoms with van der Waals surface area (Å²) in [5, 5.41) is 9.37. The van der Waals surface area contributed by atoms with Crippen LogP contribution in [0.25, 0.3) is 0 Å². The zero-order valence-corrected chi connectivity index (χ0v) is 17.9. The summed E-state index contributed by atoms with van der Waals surface area (Å²) in [6, 6.07) is 12.0. The van der Waals surface area contributed by atoms with Crippen LogP contribution in [0.2, 0.25) is 0 Å². The van der Waals surface area contributed by atoms with E-state index in [1.807, 2.05) is 57.4 Å². The third kappa shape index (κ3) is 8.60. The highest BCUT2D eigenvalue weighted by Gasteiger charge is 2.25. The Morgan fingerprint density at radius 3 is 1.79 bits per heavy atom. The quantitative estimate of drug-likeness (QED) is 0.550. The van der Waals surface area contributed by atoms with Gasteiger partial charge in [0, 0.05) is 37.6 Å². The Balaban J connectivity index is 1.79. The minimum absolute atomic E-state index is 0.353. The molecule has 6 nitrogen and oxygen atoms in total. The first-order valence-corrected chi connectivity index (χ1v) is 10.4. The Hall–Kier alpha value is -2.47. The average molecular weight is 399 g/mol. The minimum Gasteiger partial charge on any atom is -0.465 e. The van der Waals surface area contributed by atoms with E-state index in [0.717, 1.165) is 56.7 Å². The van der Waals surface area contributed by atoms with Crippen molar-refractivity contribution in [3.63, 3.8) is 0 Å². The molecule has 0 aliphatic carbocycles. The van der Waals surface area contributed by atoms with Crippen molar-refractivity contribution in [3.05, 3.63) is 60.2 Å². The Bertz CT molecular complexity index is 675. The predicted octanol–water partition coefficient (Wildman–Crippen LogP) is 4.82. The summed E-state index contributed by atoms with van der Waals surface area (Å²) in [7, 11) is 0. The first-order valence-electron chi connectivity index (χ1n) is 10.4. The summed E-state index contributed by atoms with van der Waals surface area (Å²) >= 11 is 0. The highest BCUT2D eigenvalue weighted by atomic mass is 16.4. The Kier molecular flexibility index (Phi) is 9.06. The third-order valence-corrected chi connectivity index (χ3v) is 4.87. The maximum Gasteiger partial charge on any atom is 0.407 e. The molecule has 0 bridgehead atoms. The molecule has 0 saturated heterocycles. The molecule has 0 aliphatic heterocycles. The van der Waals surface area contributed by atoms with E-state index in [1.165, 1.54) is 4.90 Å². The van der Waals surface area contributed by atoms with Crippen LogP contribution in [-0.2, 0) is 13.1 Å². The van der Waals surface area contributed by atoms with Gasteiger partial charge < -0.3 is 10.0 Å². The van der Waals surface area contributed by atoms with E-state index in [4.69, 9.17) is 0 Å². The minimum atomic E-state index is -0.839. The lowest BCUT2D eigenvalue weighted by atomic mass is 10.1. The molecular weight excluding hydrogens is 364 g/mol. The number of carboxylic acid groups (broad SMARTS) is 1. The molecule has 2 aromatic rings. The second-order valence-corrected chi connectivity index (χ2v) is 8.37. The van der Waals surface area contributed by atoms with Gasteiger partial charge in [0.05, 0.1) is 11.4 Å². The normalized spacial score (nSPS) is 11.6. The SMILES string of the molecule is CC(C)(C)N(CCCCCCN(Cc1ccccn1)Cc1ccccn1)C(=O)O. The van der Waals surface area contributed by atoms with Gasteiger partial charge in [0.15, 0.2) is 0 Å². The van der Waals surface area contributed by atoms with Crippen molar-refractivity contribution < 1.29 is 9.90 Å². The number of aromatic nitrogens is 2. The van der Waals surface area contributed by atoms with E-state index in [9.17, 15) is 9.90 Å². The molecule has 0 aromatic carbocycles. The number of pyridine rings is 2. The standard InChI is InChI=1S/C23H34N4O2/c1-23(2,3)27(22(28)29)17-11-5-4-10-16-26(18-20-12-6-8-14-24-20)19-21-13-7-9-15-25-21/h6-9,12-15H,4-5,10-11,16-19H2,1-3H3,(H,28,29). The van der Waals surface area contributed by atoms with E-state index in [0.29, 0.717) is 6.54 Å². The third-order valence-electron chi connectivity index (χ3n) is 4.87. The number of unbranched alkanes of at least 4 members (excludes halogenated alkanes) is 3. The average Bonchev–Trinajstić information content (AvgIpc) is 2.67. The Labute approximate surface area is 174 Å².